The summed E-state index contributed by atoms with van der Waals surface area (Å²) < 4.78 is 0. The topological polar surface area (TPSA) is 50.7 Å². The molecular formula is C10H19N3. The number of amidine groups is 1. The van der Waals surface area contributed by atoms with Gasteiger partial charge in [0, 0.05) is 18.1 Å². The maximum absolute atomic E-state index is 5.55. The molecule has 13 heavy (non-hydrogen) atoms. The fourth-order valence-corrected chi connectivity index (χ4v) is 1.29. The van der Waals surface area contributed by atoms with Crippen LogP contribution in [-0.2, 0) is 0 Å². The summed E-state index contributed by atoms with van der Waals surface area (Å²) in [4.78, 5) is 0. The molecule has 2 N–H and O–H groups in total. The van der Waals surface area contributed by atoms with Crippen LogP contribution in [0.3, 0.4) is 0 Å². The summed E-state index contributed by atoms with van der Waals surface area (Å²) in [6.07, 6.45) is 1.83. The minimum absolute atomic E-state index is 0.264. The number of hydrogen-bond acceptors (Lipinski definition) is 3. The van der Waals surface area contributed by atoms with Gasteiger partial charge in [-0.2, -0.15) is 5.10 Å². The summed E-state index contributed by atoms with van der Waals surface area (Å²) in [6, 6.07) is 0. The van der Waals surface area contributed by atoms with E-state index in [1.165, 1.54) is 5.71 Å². The van der Waals surface area contributed by atoms with E-state index in [0.29, 0.717) is 11.8 Å². The van der Waals surface area contributed by atoms with Crippen molar-refractivity contribution in [1.29, 1.82) is 0 Å². The monoisotopic (exact) mass is 181 g/mol. The van der Waals surface area contributed by atoms with Gasteiger partial charge in [-0.15, -0.1) is 5.10 Å². The lowest BCUT2D eigenvalue weighted by molar-refractivity contribution is 0.329. The van der Waals surface area contributed by atoms with E-state index >= 15 is 0 Å². The molecular weight excluding hydrogens is 162 g/mol. The highest BCUT2D eigenvalue weighted by Gasteiger charge is 2.25. The lowest BCUT2D eigenvalue weighted by Gasteiger charge is -2.29. The average Bonchev–Trinajstić information content (AvgIpc) is 2.03. The lowest BCUT2D eigenvalue weighted by atomic mass is 9.78. The minimum Gasteiger partial charge on any atom is -0.386 e. The molecule has 0 aromatic rings. The van der Waals surface area contributed by atoms with Crippen molar-refractivity contribution in [3.63, 3.8) is 0 Å². The van der Waals surface area contributed by atoms with E-state index in [4.69, 9.17) is 5.73 Å². The molecule has 1 aliphatic heterocycles. The Morgan fingerprint density at radius 3 is 2.23 bits per heavy atom. The summed E-state index contributed by atoms with van der Waals surface area (Å²) in [5.41, 5.74) is 7.00. The Hall–Kier alpha value is -0.860. The standard InChI is InChI=1S/C10H19N3/c1-7(10(2,3)4)8-5-6-9(11)13-12-8/h7H,5-6H2,1-4H3,(H2,11,13). The van der Waals surface area contributed by atoms with Crippen LogP contribution >= 0.6 is 0 Å². The van der Waals surface area contributed by atoms with Crippen molar-refractivity contribution in [2.24, 2.45) is 27.3 Å². The van der Waals surface area contributed by atoms with E-state index < -0.39 is 0 Å². The first-order chi connectivity index (χ1) is 5.91. The summed E-state index contributed by atoms with van der Waals surface area (Å²) in [5, 5.41) is 8.08. The van der Waals surface area contributed by atoms with Crippen molar-refractivity contribution in [1.82, 2.24) is 0 Å². The second-order valence-corrected chi connectivity index (χ2v) is 4.77. The molecule has 1 aliphatic rings. The van der Waals surface area contributed by atoms with Gasteiger partial charge in [-0.3, -0.25) is 0 Å². The Kier molecular flexibility index (Phi) is 2.74. The molecule has 0 saturated carbocycles. The maximum Gasteiger partial charge on any atom is 0.122 e. The third-order valence-corrected chi connectivity index (χ3v) is 2.74. The van der Waals surface area contributed by atoms with Gasteiger partial charge in [0.25, 0.3) is 0 Å². The van der Waals surface area contributed by atoms with E-state index in [-0.39, 0.29) is 5.41 Å². The first kappa shape index (κ1) is 10.2. The van der Waals surface area contributed by atoms with Gasteiger partial charge < -0.3 is 5.73 Å². The van der Waals surface area contributed by atoms with Crippen LogP contribution in [0.4, 0.5) is 0 Å². The van der Waals surface area contributed by atoms with Gasteiger partial charge in [0.2, 0.25) is 0 Å². The largest absolute Gasteiger partial charge is 0.386 e. The predicted molar refractivity (Wildman–Crippen MR) is 56.9 cm³/mol. The van der Waals surface area contributed by atoms with Gasteiger partial charge in [-0.1, -0.05) is 27.7 Å². The molecule has 0 saturated heterocycles. The Balaban J connectivity index is 2.74. The molecule has 1 unspecified atom stereocenters. The van der Waals surface area contributed by atoms with Crippen molar-refractivity contribution < 1.29 is 0 Å². The SMILES string of the molecule is CC(C1=NN=C(N)CC1)C(C)(C)C. The maximum atomic E-state index is 5.55. The Bertz CT molecular complexity index is 245. The molecule has 0 spiro atoms. The van der Waals surface area contributed by atoms with Crippen molar-refractivity contribution in [2.45, 2.75) is 40.5 Å². The quantitative estimate of drug-likeness (QED) is 0.662. The fraction of sp³-hybridized carbons (Fsp3) is 0.800. The third kappa shape index (κ3) is 2.54. The number of nitrogens with two attached hydrogens (primary N) is 1. The second-order valence-electron chi connectivity index (χ2n) is 4.77. The molecule has 74 valence electrons. The van der Waals surface area contributed by atoms with Crippen LogP contribution in [0, 0.1) is 11.3 Å². The lowest BCUT2D eigenvalue weighted by Crippen LogP contribution is -2.29. The van der Waals surface area contributed by atoms with Gasteiger partial charge >= 0.3 is 0 Å². The minimum atomic E-state index is 0.264. The zero-order chi connectivity index (χ0) is 10.1. The van der Waals surface area contributed by atoms with Gasteiger partial charge in [-0.25, -0.2) is 0 Å². The van der Waals surface area contributed by atoms with Crippen molar-refractivity contribution in [3.8, 4) is 0 Å². The molecule has 1 heterocycles. The van der Waals surface area contributed by atoms with E-state index in [1.807, 2.05) is 0 Å². The molecule has 1 atom stereocenters. The molecule has 0 bridgehead atoms. The van der Waals surface area contributed by atoms with Crippen LogP contribution in [-0.4, -0.2) is 11.5 Å². The second kappa shape index (κ2) is 3.48. The average molecular weight is 181 g/mol. The first-order valence-corrected chi connectivity index (χ1v) is 4.80. The van der Waals surface area contributed by atoms with Crippen LogP contribution in [0.2, 0.25) is 0 Å². The van der Waals surface area contributed by atoms with Gasteiger partial charge in [-0.05, 0) is 11.8 Å². The highest BCUT2D eigenvalue weighted by Crippen LogP contribution is 2.28. The molecule has 0 aliphatic carbocycles. The molecule has 0 fully saturated rings. The van der Waals surface area contributed by atoms with Crippen LogP contribution in [0.25, 0.3) is 0 Å². The molecule has 3 nitrogen and oxygen atoms in total. The Labute approximate surface area is 80.1 Å². The van der Waals surface area contributed by atoms with Crippen LogP contribution in [0.15, 0.2) is 10.2 Å². The number of hydrogen-bond donors (Lipinski definition) is 1. The Morgan fingerprint density at radius 2 is 1.85 bits per heavy atom. The molecule has 0 radical (unpaired) electrons. The van der Waals surface area contributed by atoms with E-state index in [9.17, 15) is 0 Å². The summed E-state index contributed by atoms with van der Waals surface area (Å²) in [6.45, 7) is 8.88. The summed E-state index contributed by atoms with van der Waals surface area (Å²) in [7, 11) is 0. The molecule has 1 rings (SSSR count). The van der Waals surface area contributed by atoms with Crippen LogP contribution in [0.5, 0.6) is 0 Å². The molecule has 3 heteroatoms. The number of rotatable bonds is 1. The smallest absolute Gasteiger partial charge is 0.122 e. The normalized spacial score (nSPS) is 20.6. The zero-order valence-corrected chi connectivity index (χ0v) is 8.96. The number of nitrogens with zero attached hydrogens (tertiary/aromatic N) is 2. The van der Waals surface area contributed by atoms with E-state index in [0.717, 1.165) is 12.8 Å². The van der Waals surface area contributed by atoms with Crippen LogP contribution < -0.4 is 5.73 Å². The van der Waals surface area contributed by atoms with E-state index in [1.54, 1.807) is 0 Å². The zero-order valence-electron chi connectivity index (χ0n) is 8.96. The third-order valence-electron chi connectivity index (χ3n) is 2.74. The van der Waals surface area contributed by atoms with Gasteiger partial charge in [0.15, 0.2) is 0 Å². The Morgan fingerprint density at radius 1 is 1.23 bits per heavy atom. The summed E-state index contributed by atoms with van der Waals surface area (Å²) in [5.74, 6) is 1.13. The predicted octanol–water partition coefficient (Wildman–Crippen LogP) is 2.18. The first-order valence-electron chi connectivity index (χ1n) is 4.80. The highest BCUT2D eigenvalue weighted by atomic mass is 15.2. The molecule has 0 aromatic carbocycles. The highest BCUT2D eigenvalue weighted by molar-refractivity contribution is 5.94. The van der Waals surface area contributed by atoms with E-state index in [2.05, 4.69) is 37.9 Å². The molecule has 0 amide bonds. The van der Waals surface area contributed by atoms with Crippen LogP contribution in [0.1, 0.15) is 40.5 Å². The van der Waals surface area contributed by atoms with Crippen molar-refractivity contribution in [3.05, 3.63) is 0 Å². The van der Waals surface area contributed by atoms with Crippen molar-refractivity contribution >= 4 is 11.5 Å². The summed E-state index contributed by atoms with van der Waals surface area (Å²) >= 11 is 0. The van der Waals surface area contributed by atoms with Gasteiger partial charge in [0.05, 0.1) is 0 Å². The van der Waals surface area contributed by atoms with Crippen molar-refractivity contribution in [2.75, 3.05) is 0 Å². The fourth-order valence-electron chi connectivity index (χ4n) is 1.29. The molecule has 0 aromatic heterocycles. The van der Waals surface area contributed by atoms with Gasteiger partial charge in [0.1, 0.15) is 5.84 Å².